The minimum Gasteiger partial charge on any atom is -0.334 e. The minimum atomic E-state index is 0.299. The molecule has 7 heteroatoms. The van der Waals surface area contributed by atoms with Gasteiger partial charge in [0.05, 0.1) is 17.1 Å². The Morgan fingerprint density at radius 3 is 2.95 bits per heavy atom. The van der Waals surface area contributed by atoms with Gasteiger partial charge >= 0.3 is 0 Å². The fraction of sp³-hybridized carbons (Fsp3) is 0.429. The first-order chi connectivity index (χ1) is 10.1. The predicted octanol–water partition coefficient (Wildman–Crippen LogP) is 1.48. The number of aromatic nitrogens is 5. The van der Waals surface area contributed by atoms with Crippen molar-refractivity contribution in [2.24, 2.45) is 7.05 Å². The zero-order chi connectivity index (χ0) is 15.0. The largest absolute Gasteiger partial charge is 0.334 e. The molecular formula is C14H18N6O. The molecule has 0 spiro atoms. The Morgan fingerprint density at radius 2 is 2.19 bits per heavy atom. The lowest BCUT2D eigenvalue weighted by Crippen LogP contribution is -2.24. The topological polar surface area (TPSA) is 81.7 Å². The van der Waals surface area contributed by atoms with Gasteiger partial charge in [-0.3, -0.25) is 4.68 Å². The summed E-state index contributed by atoms with van der Waals surface area (Å²) in [5.74, 6) is 1.20. The first kappa shape index (κ1) is 13.7. The summed E-state index contributed by atoms with van der Waals surface area (Å²) in [6, 6.07) is 2.25. The zero-order valence-corrected chi connectivity index (χ0v) is 12.6. The maximum Gasteiger partial charge on any atom is 0.258 e. The fourth-order valence-electron chi connectivity index (χ4n) is 2.24. The lowest BCUT2D eigenvalue weighted by Gasteiger charge is -2.04. The third-order valence-corrected chi connectivity index (χ3v) is 3.51. The van der Waals surface area contributed by atoms with E-state index in [2.05, 4.69) is 32.5 Å². The van der Waals surface area contributed by atoms with Crippen molar-refractivity contribution in [2.45, 2.75) is 26.3 Å². The maximum atomic E-state index is 5.41. The van der Waals surface area contributed by atoms with Crippen LogP contribution in [0.25, 0.3) is 22.5 Å². The van der Waals surface area contributed by atoms with Crippen molar-refractivity contribution in [1.82, 2.24) is 30.2 Å². The third-order valence-electron chi connectivity index (χ3n) is 3.51. The Kier molecular flexibility index (Phi) is 3.42. The molecule has 3 aromatic rings. The molecule has 7 nitrogen and oxygen atoms in total. The van der Waals surface area contributed by atoms with E-state index in [9.17, 15) is 0 Å². The highest BCUT2D eigenvalue weighted by molar-refractivity contribution is 5.90. The minimum absolute atomic E-state index is 0.299. The van der Waals surface area contributed by atoms with Gasteiger partial charge in [0, 0.05) is 25.2 Å². The first-order valence-corrected chi connectivity index (χ1v) is 6.88. The monoisotopic (exact) mass is 286 g/mol. The highest BCUT2D eigenvalue weighted by Crippen LogP contribution is 2.27. The molecule has 110 valence electrons. The van der Waals surface area contributed by atoms with Crippen LogP contribution in [0.2, 0.25) is 0 Å². The van der Waals surface area contributed by atoms with Crippen molar-refractivity contribution >= 4 is 11.0 Å². The molecule has 0 aliphatic carbocycles. The second-order valence-corrected chi connectivity index (χ2v) is 5.23. The molecule has 0 bridgehead atoms. The van der Waals surface area contributed by atoms with Crippen LogP contribution in [0.5, 0.6) is 0 Å². The van der Waals surface area contributed by atoms with Crippen molar-refractivity contribution in [3.63, 3.8) is 0 Å². The van der Waals surface area contributed by atoms with Gasteiger partial charge in [0.25, 0.3) is 5.89 Å². The summed E-state index contributed by atoms with van der Waals surface area (Å²) >= 11 is 0. The Balaban J connectivity index is 2.04. The Morgan fingerprint density at radius 1 is 1.38 bits per heavy atom. The van der Waals surface area contributed by atoms with Crippen LogP contribution in [0.15, 0.2) is 16.8 Å². The number of rotatable bonds is 4. The molecule has 3 rings (SSSR count). The van der Waals surface area contributed by atoms with E-state index in [0.29, 0.717) is 17.8 Å². The summed E-state index contributed by atoms with van der Waals surface area (Å²) in [5, 5.41) is 12.4. The second kappa shape index (κ2) is 5.25. The molecule has 0 saturated heterocycles. The van der Waals surface area contributed by atoms with Crippen molar-refractivity contribution in [3.8, 4) is 11.5 Å². The maximum absolute atomic E-state index is 5.41. The molecule has 0 fully saturated rings. The van der Waals surface area contributed by atoms with Crippen molar-refractivity contribution < 1.29 is 4.52 Å². The Bertz CT molecular complexity index is 775. The first-order valence-electron chi connectivity index (χ1n) is 6.88. The van der Waals surface area contributed by atoms with E-state index < -0.39 is 0 Å². The van der Waals surface area contributed by atoms with Crippen LogP contribution in [-0.2, 0) is 13.5 Å². The average molecular weight is 286 g/mol. The van der Waals surface area contributed by atoms with Crippen molar-refractivity contribution in [2.75, 3.05) is 7.05 Å². The number of hydrogen-bond acceptors (Lipinski definition) is 6. The highest BCUT2D eigenvalue weighted by atomic mass is 16.5. The lowest BCUT2D eigenvalue weighted by molar-refractivity contribution is 0.418. The van der Waals surface area contributed by atoms with E-state index >= 15 is 0 Å². The number of hydrogen-bond donors (Lipinski definition) is 1. The van der Waals surface area contributed by atoms with Gasteiger partial charge in [-0.2, -0.15) is 10.1 Å². The summed E-state index contributed by atoms with van der Waals surface area (Å²) < 4.78 is 7.16. The van der Waals surface area contributed by atoms with E-state index in [4.69, 9.17) is 4.52 Å². The number of nitrogens with one attached hydrogen (secondary N) is 1. The summed E-state index contributed by atoms with van der Waals surface area (Å²) in [6.45, 7) is 4.02. The van der Waals surface area contributed by atoms with Crippen molar-refractivity contribution in [3.05, 3.63) is 23.8 Å². The summed E-state index contributed by atoms with van der Waals surface area (Å²) in [7, 11) is 3.78. The van der Waals surface area contributed by atoms with Crippen LogP contribution in [0, 0.1) is 6.92 Å². The summed E-state index contributed by atoms with van der Waals surface area (Å²) in [6.07, 6.45) is 2.50. The average Bonchev–Trinajstić information content (AvgIpc) is 3.06. The van der Waals surface area contributed by atoms with E-state index in [-0.39, 0.29) is 0 Å². The molecule has 0 amide bonds. The van der Waals surface area contributed by atoms with E-state index in [0.717, 1.165) is 28.7 Å². The van der Waals surface area contributed by atoms with Gasteiger partial charge in [-0.05, 0) is 27.0 Å². The smallest absolute Gasteiger partial charge is 0.258 e. The second-order valence-electron chi connectivity index (χ2n) is 5.23. The Hall–Kier alpha value is -2.28. The molecular weight excluding hydrogens is 268 g/mol. The molecule has 1 unspecified atom stereocenters. The van der Waals surface area contributed by atoms with Crippen LogP contribution < -0.4 is 5.32 Å². The van der Waals surface area contributed by atoms with Gasteiger partial charge in [0.2, 0.25) is 0 Å². The SMILES string of the molecule is CNC(C)Cc1noc(-c2cc(C)nc3c2cnn3C)n1. The predicted molar refractivity (Wildman–Crippen MR) is 78.8 cm³/mol. The normalized spacial score (nSPS) is 13.0. The van der Waals surface area contributed by atoms with Gasteiger partial charge in [-0.15, -0.1) is 0 Å². The number of likely N-dealkylation sites (N-methyl/N-ethyl adjacent to an activating group) is 1. The van der Waals surface area contributed by atoms with Crippen molar-refractivity contribution in [1.29, 1.82) is 0 Å². The van der Waals surface area contributed by atoms with Crippen LogP contribution >= 0.6 is 0 Å². The number of nitrogens with zero attached hydrogens (tertiary/aromatic N) is 5. The molecule has 1 N–H and O–H groups in total. The van der Waals surface area contributed by atoms with E-state index in [1.807, 2.05) is 27.1 Å². The van der Waals surface area contributed by atoms with Crippen LogP contribution in [0.3, 0.4) is 0 Å². The van der Waals surface area contributed by atoms with Gasteiger partial charge in [-0.25, -0.2) is 4.98 Å². The molecule has 0 saturated carbocycles. The molecule has 3 aromatic heterocycles. The standard InChI is InChI=1S/C14H18N6O/c1-8(15-3)6-12-18-14(21-19-12)10-5-9(2)17-13-11(10)7-16-20(13)4/h5,7-8,15H,6H2,1-4H3. The molecule has 0 radical (unpaired) electrons. The van der Waals surface area contributed by atoms with Gasteiger partial charge in [-0.1, -0.05) is 5.16 Å². The quantitative estimate of drug-likeness (QED) is 0.782. The number of fused-ring (bicyclic) bond motifs is 1. The van der Waals surface area contributed by atoms with Crippen LogP contribution in [-0.4, -0.2) is 38.0 Å². The molecule has 3 heterocycles. The molecule has 0 aromatic carbocycles. The molecule has 21 heavy (non-hydrogen) atoms. The van der Waals surface area contributed by atoms with Gasteiger partial charge in [0.15, 0.2) is 11.5 Å². The molecule has 0 aliphatic heterocycles. The van der Waals surface area contributed by atoms with Crippen LogP contribution in [0.4, 0.5) is 0 Å². The van der Waals surface area contributed by atoms with Crippen LogP contribution in [0.1, 0.15) is 18.4 Å². The lowest BCUT2D eigenvalue weighted by atomic mass is 10.1. The van der Waals surface area contributed by atoms with E-state index in [1.165, 1.54) is 0 Å². The third kappa shape index (κ3) is 2.52. The zero-order valence-electron chi connectivity index (χ0n) is 12.6. The number of pyridine rings is 1. The highest BCUT2D eigenvalue weighted by Gasteiger charge is 2.16. The summed E-state index contributed by atoms with van der Waals surface area (Å²) in [5.41, 5.74) is 2.58. The van der Waals surface area contributed by atoms with Gasteiger partial charge in [0.1, 0.15) is 0 Å². The molecule has 1 atom stereocenters. The Labute approximate surface area is 122 Å². The van der Waals surface area contributed by atoms with Gasteiger partial charge < -0.3 is 9.84 Å². The number of aryl methyl sites for hydroxylation is 2. The van der Waals surface area contributed by atoms with E-state index in [1.54, 1.807) is 10.9 Å². The fourth-order valence-corrected chi connectivity index (χ4v) is 2.24. The summed E-state index contributed by atoms with van der Waals surface area (Å²) in [4.78, 5) is 8.98. The molecule has 0 aliphatic rings.